The van der Waals surface area contributed by atoms with E-state index >= 15 is 0 Å². The van der Waals surface area contributed by atoms with E-state index in [1.807, 2.05) is 6.08 Å². The van der Waals surface area contributed by atoms with E-state index in [4.69, 9.17) is 18.5 Å². The molecule has 11 nitrogen and oxygen atoms in total. The van der Waals surface area contributed by atoms with Crippen LogP contribution < -0.4 is 5.56 Å². The number of imidazole rings is 2. The molecule has 2 N–H and O–H groups in total. The number of nitrogens with zero attached hydrogens (tertiary/aromatic N) is 4. The Kier molecular flexibility index (Phi) is 6.66. The third-order valence-corrected chi connectivity index (χ3v) is 7.12. The van der Waals surface area contributed by atoms with Gasteiger partial charge in [0.2, 0.25) is 0 Å². The standard InChI is InChI=1S/C19H30N5O6P/c1-18(2,27-5)29-31(26,30-19(3,4)28-6)12-8-7-10-23-13-21-14-15(23)22-17-20-9-11-24(17)16(14)25/h7-9,11,13,26,31H,10,12H2,1-6H3,(H,20,22)/b8-7+. The van der Waals surface area contributed by atoms with Crippen molar-refractivity contribution in [2.45, 2.75) is 45.8 Å². The van der Waals surface area contributed by atoms with Gasteiger partial charge in [-0.3, -0.25) is 0 Å². The van der Waals surface area contributed by atoms with Gasteiger partial charge < -0.3 is 0 Å². The number of ether oxygens (including phenoxy) is 2. The molecule has 0 saturated heterocycles. The van der Waals surface area contributed by atoms with Crippen molar-refractivity contribution in [2.24, 2.45) is 0 Å². The maximum atomic E-state index is 12.5. The van der Waals surface area contributed by atoms with Crippen molar-refractivity contribution in [2.75, 3.05) is 20.4 Å². The van der Waals surface area contributed by atoms with Crippen molar-refractivity contribution in [3.63, 3.8) is 0 Å². The number of allylic oxidation sites excluding steroid dienone is 2. The molecule has 0 aromatic carbocycles. The number of hydrogen-bond acceptors (Lipinski definition) is 8. The zero-order chi connectivity index (χ0) is 22.9. The van der Waals surface area contributed by atoms with Gasteiger partial charge in [0.15, 0.2) is 0 Å². The minimum absolute atomic E-state index is 0.135. The summed E-state index contributed by atoms with van der Waals surface area (Å²) in [6.45, 7) is 7.18. The van der Waals surface area contributed by atoms with Gasteiger partial charge in [0.25, 0.3) is 0 Å². The van der Waals surface area contributed by atoms with Crippen molar-refractivity contribution in [3.8, 4) is 0 Å². The van der Waals surface area contributed by atoms with E-state index in [0.29, 0.717) is 18.0 Å². The van der Waals surface area contributed by atoms with Gasteiger partial charge in [0, 0.05) is 0 Å². The quantitative estimate of drug-likeness (QED) is 0.271. The fourth-order valence-corrected chi connectivity index (χ4v) is 5.32. The molecule has 0 fully saturated rings. The van der Waals surface area contributed by atoms with Gasteiger partial charge in [-0.25, -0.2) is 0 Å². The van der Waals surface area contributed by atoms with Crippen LogP contribution in [0.25, 0.3) is 16.9 Å². The van der Waals surface area contributed by atoms with Crippen LogP contribution in [0.15, 0.2) is 35.7 Å². The summed E-state index contributed by atoms with van der Waals surface area (Å²) in [7, 11) is -0.724. The summed E-state index contributed by atoms with van der Waals surface area (Å²) in [6.07, 6.45) is 8.52. The second-order valence-corrected chi connectivity index (χ2v) is 10.2. The number of aromatic amines is 1. The summed E-state index contributed by atoms with van der Waals surface area (Å²) in [5.41, 5.74) is 0.515. The van der Waals surface area contributed by atoms with Gasteiger partial charge in [-0.2, -0.15) is 0 Å². The van der Waals surface area contributed by atoms with E-state index < -0.39 is 19.5 Å². The molecule has 0 aliphatic rings. The normalized spacial score (nSPS) is 14.3. The number of rotatable bonds is 10. The monoisotopic (exact) mass is 455 g/mol. The summed E-state index contributed by atoms with van der Waals surface area (Å²) in [5, 5.41) is 0. The van der Waals surface area contributed by atoms with Gasteiger partial charge in [0.05, 0.1) is 0 Å². The molecule has 3 rings (SSSR count). The number of aromatic nitrogens is 5. The second kappa shape index (κ2) is 8.78. The molecule has 172 valence electrons. The second-order valence-electron chi connectivity index (χ2n) is 7.94. The number of hydrogen-bond donors (Lipinski definition) is 2. The maximum absolute atomic E-state index is 12.5. The molecule has 0 aliphatic carbocycles. The number of H-pyrrole nitrogens is 1. The molecule has 0 bridgehead atoms. The summed E-state index contributed by atoms with van der Waals surface area (Å²) >= 11 is 0. The van der Waals surface area contributed by atoms with Crippen LogP contribution in [0, 0.1) is 0 Å². The van der Waals surface area contributed by atoms with Gasteiger partial charge in [-0.1, -0.05) is 0 Å². The molecular weight excluding hydrogens is 425 g/mol. The SMILES string of the molecule is COC(C)(C)O[PH](O)(C/C=C/Cn1cnc2c(=O)n3cc[nH]c3nc21)OC(C)(C)OC. The molecule has 0 aliphatic heterocycles. The molecule has 12 heteroatoms. The van der Waals surface area contributed by atoms with E-state index in [1.165, 1.54) is 18.6 Å². The number of nitrogens with one attached hydrogen (secondary N) is 1. The van der Waals surface area contributed by atoms with E-state index in [2.05, 4.69) is 15.0 Å². The summed E-state index contributed by atoms with van der Waals surface area (Å²) in [6, 6.07) is 0. The van der Waals surface area contributed by atoms with E-state index in [-0.39, 0.29) is 17.2 Å². The summed E-state index contributed by atoms with van der Waals surface area (Å²) in [5.74, 6) is -1.63. The molecule has 0 atom stereocenters. The first kappa shape index (κ1) is 23.5. The Morgan fingerprint density at radius 3 is 2.42 bits per heavy atom. The van der Waals surface area contributed by atoms with Crippen molar-refractivity contribution >= 4 is 24.9 Å². The average molecular weight is 455 g/mol. The van der Waals surface area contributed by atoms with Crippen molar-refractivity contribution in [1.82, 2.24) is 23.9 Å². The molecule has 3 aromatic heterocycles. The van der Waals surface area contributed by atoms with Crippen LogP contribution in [0.5, 0.6) is 0 Å². The first-order valence-electron chi connectivity index (χ1n) is 9.78. The predicted molar refractivity (Wildman–Crippen MR) is 118 cm³/mol. The van der Waals surface area contributed by atoms with Crippen LogP contribution in [-0.2, 0) is 25.1 Å². The number of methoxy groups -OCH3 is 2. The zero-order valence-corrected chi connectivity index (χ0v) is 19.6. The van der Waals surface area contributed by atoms with Crippen LogP contribution in [0.1, 0.15) is 27.7 Å². The zero-order valence-electron chi connectivity index (χ0n) is 18.6. The van der Waals surface area contributed by atoms with Crippen molar-refractivity contribution in [1.29, 1.82) is 0 Å². The van der Waals surface area contributed by atoms with Gasteiger partial charge >= 0.3 is 180 Å². The van der Waals surface area contributed by atoms with Crippen LogP contribution in [0.4, 0.5) is 0 Å². The van der Waals surface area contributed by atoms with Gasteiger partial charge in [-0.05, 0) is 0 Å². The van der Waals surface area contributed by atoms with Gasteiger partial charge in [0.1, 0.15) is 0 Å². The Balaban J connectivity index is 1.78. The third kappa shape index (κ3) is 5.38. The van der Waals surface area contributed by atoms with E-state index in [0.717, 1.165) is 0 Å². The van der Waals surface area contributed by atoms with Crippen LogP contribution >= 0.6 is 7.94 Å². The Hall–Kier alpha value is -2.14. The molecule has 0 unspecified atom stereocenters. The summed E-state index contributed by atoms with van der Waals surface area (Å²) < 4.78 is 25.4. The minimum atomic E-state index is -3.71. The Morgan fingerprint density at radius 2 is 1.81 bits per heavy atom. The Morgan fingerprint density at radius 1 is 1.16 bits per heavy atom. The first-order chi connectivity index (χ1) is 14.5. The molecule has 0 spiro atoms. The first-order valence-corrected chi connectivity index (χ1v) is 11.7. The molecule has 0 radical (unpaired) electrons. The number of fused-ring (bicyclic) bond motifs is 2. The van der Waals surface area contributed by atoms with Crippen molar-refractivity contribution in [3.05, 3.63) is 41.2 Å². The predicted octanol–water partition coefficient (Wildman–Crippen LogP) is 2.21. The van der Waals surface area contributed by atoms with E-state index in [9.17, 15) is 9.69 Å². The average Bonchev–Trinajstić information content (AvgIpc) is 3.32. The van der Waals surface area contributed by atoms with Gasteiger partial charge in [-0.15, -0.1) is 0 Å². The van der Waals surface area contributed by atoms with Crippen LogP contribution in [0.3, 0.4) is 0 Å². The Bertz CT molecular complexity index is 1110. The molecule has 0 amide bonds. The summed E-state index contributed by atoms with van der Waals surface area (Å²) in [4.78, 5) is 35.1. The molecule has 3 aromatic rings. The van der Waals surface area contributed by atoms with E-state index in [1.54, 1.807) is 57.1 Å². The molecule has 0 saturated carbocycles. The molecule has 31 heavy (non-hydrogen) atoms. The van der Waals surface area contributed by atoms with Crippen LogP contribution in [-0.4, -0.2) is 60.8 Å². The Labute approximate surface area is 180 Å². The molecule has 3 heterocycles. The fraction of sp³-hybridized carbons (Fsp3) is 0.526. The van der Waals surface area contributed by atoms with Crippen LogP contribution in [0.2, 0.25) is 0 Å². The van der Waals surface area contributed by atoms with Crippen molar-refractivity contribution < 1.29 is 23.4 Å². The fourth-order valence-electron chi connectivity index (χ4n) is 2.94. The molecular formula is C19H30N5O6P. The topological polar surface area (TPSA) is 125 Å². The third-order valence-electron chi connectivity index (χ3n) is 4.75.